The minimum Gasteiger partial charge on any atom is -0.358 e. The molecule has 3 aromatic rings. The molecule has 3 aromatic carbocycles. The van der Waals surface area contributed by atoms with Gasteiger partial charge in [-0.2, -0.15) is 0 Å². The van der Waals surface area contributed by atoms with Gasteiger partial charge in [-0.15, -0.1) is 0 Å². The van der Waals surface area contributed by atoms with E-state index < -0.39 is 6.04 Å². The van der Waals surface area contributed by atoms with Gasteiger partial charge in [0.25, 0.3) is 0 Å². The summed E-state index contributed by atoms with van der Waals surface area (Å²) in [5.74, 6) is 0.0479. The Labute approximate surface area is 245 Å². The highest BCUT2D eigenvalue weighted by Gasteiger charge is 2.36. The van der Waals surface area contributed by atoms with Crippen LogP contribution < -0.4 is 16.0 Å². The Morgan fingerprint density at radius 1 is 0.800 bits per heavy atom. The summed E-state index contributed by atoms with van der Waals surface area (Å²) in [5.41, 5.74) is 3.15. The lowest BCUT2D eigenvalue weighted by molar-refractivity contribution is -0.137. The summed E-state index contributed by atoms with van der Waals surface area (Å²) >= 11 is 5.86. The van der Waals surface area contributed by atoms with Crippen molar-refractivity contribution in [2.45, 2.75) is 84.2 Å². The van der Waals surface area contributed by atoms with Crippen LogP contribution in [0.1, 0.15) is 63.1 Å². The summed E-state index contributed by atoms with van der Waals surface area (Å²) in [4.78, 5) is 16.2. The third-order valence-electron chi connectivity index (χ3n) is 7.63. The van der Waals surface area contributed by atoms with Crippen LogP contribution in [0.25, 0.3) is 0 Å². The van der Waals surface area contributed by atoms with Gasteiger partial charge in [-0.05, 0) is 47.2 Å². The number of nitrogens with zero attached hydrogens (tertiary/aromatic N) is 1. The van der Waals surface area contributed by atoms with Gasteiger partial charge in [-0.1, -0.05) is 125 Å². The van der Waals surface area contributed by atoms with Crippen molar-refractivity contribution in [1.82, 2.24) is 20.9 Å². The maximum atomic E-state index is 14.2. The number of hydrogen-bond acceptors (Lipinski definition) is 3. The van der Waals surface area contributed by atoms with E-state index in [1.54, 1.807) is 0 Å². The molecule has 0 spiro atoms. The molecule has 1 amide bonds. The monoisotopic (exact) mass is 556 g/mol. The van der Waals surface area contributed by atoms with Crippen LogP contribution in [0.2, 0.25) is 0 Å². The average Bonchev–Trinajstić information content (AvgIpc) is 2.96. The van der Waals surface area contributed by atoms with Crippen LogP contribution >= 0.6 is 12.2 Å². The second-order valence-electron chi connectivity index (χ2n) is 11.9. The molecule has 3 N–H and O–H groups in total. The third-order valence-corrected chi connectivity index (χ3v) is 7.86. The molecular formula is C34H44N4OS. The molecule has 1 fully saturated rings. The lowest BCUT2D eigenvalue weighted by Gasteiger charge is -2.38. The number of carbonyl (C=O) groups is 1. The summed E-state index contributed by atoms with van der Waals surface area (Å²) in [6, 6.07) is 31.0. The van der Waals surface area contributed by atoms with Crippen molar-refractivity contribution in [1.29, 1.82) is 0 Å². The van der Waals surface area contributed by atoms with Crippen molar-refractivity contribution >= 4 is 23.2 Å². The fraction of sp³-hybridized carbons (Fsp3) is 0.412. The Bertz CT molecular complexity index is 1160. The maximum Gasteiger partial charge on any atom is 0.246 e. The molecule has 0 radical (unpaired) electrons. The minimum atomic E-state index is -0.473. The van der Waals surface area contributed by atoms with Gasteiger partial charge in [0, 0.05) is 31.7 Å². The van der Waals surface area contributed by atoms with Crippen molar-refractivity contribution < 1.29 is 4.79 Å². The highest BCUT2D eigenvalue weighted by Crippen LogP contribution is 2.24. The number of amides is 1. The van der Waals surface area contributed by atoms with Crippen molar-refractivity contribution in [2.75, 3.05) is 0 Å². The molecule has 1 unspecified atom stereocenters. The Morgan fingerprint density at radius 2 is 1.27 bits per heavy atom. The van der Waals surface area contributed by atoms with Crippen molar-refractivity contribution in [3.63, 3.8) is 0 Å². The molecule has 212 valence electrons. The standard InChI is InChI=1S/C34H44N4OS/c1-34(2,3)31(32(39)38(24-27-17-9-5-10-18-27)25-28-19-11-6-12-20-28)37-33(40)36-30-22-14-13-21-29(30)35-23-26-15-7-4-8-16-26/h4-12,15-20,29-31,35H,13-14,21-25H2,1-3H3,(H2,36,37,40)/t29-,30-,31?/m1/s1. The molecule has 0 aliphatic heterocycles. The Morgan fingerprint density at radius 3 is 1.77 bits per heavy atom. The zero-order valence-electron chi connectivity index (χ0n) is 24.1. The molecule has 6 heteroatoms. The lowest BCUT2D eigenvalue weighted by atomic mass is 9.85. The summed E-state index contributed by atoms with van der Waals surface area (Å²) in [7, 11) is 0. The molecule has 5 nitrogen and oxygen atoms in total. The summed E-state index contributed by atoms with van der Waals surface area (Å²) in [6.07, 6.45) is 4.54. The van der Waals surface area contributed by atoms with Gasteiger partial charge in [0.2, 0.25) is 5.91 Å². The van der Waals surface area contributed by atoms with Crippen LogP contribution in [0, 0.1) is 5.41 Å². The molecule has 0 aromatic heterocycles. The third kappa shape index (κ3) is 8.90. The molecule has 3 atom stereocenters. The van der Waals surface area contributed by atoms with E-state index in [0.29, 0.717) is 24.2 Å². The first-order chi connectivity index (χ1) is 19.3. The second kappa shape index (κ2) is 14.4. The lowest BCUT2D eigenvalue weighted by Crippen LogP contribution is -2.59. The van der Waals surface area contributed by atoms with E-state index in [0.717, 1.165) is 30.5 Å². The SMILES string of the molecule is CC(C)(C)C(NC(=S)N[C@@H]1CCCC[C@H]1NCc1ccccc1)C(=O)N(Cc1ccccc1)Cc1ccccc1. The number of hydrogen-bond donors (Lipinski definition) is 3. The highest BCUT2D eigenvalue weighted by atomic mass is 32.1. The first-order valence-corrected chi connectivity index (χ1v) is 14.9. The Kier molecular flexibility index (Phi) is 10.7. The van der Waals surface area contributed by atoms with E-state index in [1.165, 1.54) is 18.4 Å². The molecular weight excluding hydrogens is 512 g/mol. The topological polar surface area (TPSA) is 56.4 Å². The van der Waals surface area contributed by atoms with Crippen LogP contribution in [0.3, 0.4) is 0 Å². The summed E-state index contributed by atoms with van der Waals surface area (Å²) in [5, 5.41) is 11.3. The number of thiocarbonyl (C=S) groups is 1. The quantitative estimate of drug-likeness (QED) is 0.260. The van der Waals surface area contributed by atoms with Gasteiger partial charge in [0.15, 0.2) is 5.11 Å². The first-order valence-electron chi connectivity index (χ1n) is 14.5. The van der Waals surface area contributed by atoms with Gasteiger partial charge in [0.1, 0.15) is 6.04 Å². The molecule has 40 heavy (non-hydrogen) atoms. The maximum absolute atomic E-state index is 14.2. The Hall–Kier alpha value is -3.22. The van der Waals surface area contributed by atoms with Gasteiger partial charge in [0.05, 0.1) is 0 Å². The number of nitrogens with one attached hydrogen (secondary N) is 3. The number of benzene rings is 3. The van der Waals surface area contributed by atoms with E-state index >= 15 is 0 Å². The highest BCUT2D eigenvalue weighted by molar-refractivity contribution is 7.80. The predicted octanol–water partition coefficient (Wildman–Crippen LogP) is 6.20. The molecule has 0 saturated heterocycles. The van der Waals surface area contributed by atoms with Crippen LogP contribution in [0.4, 0.5) is 0 Å². The van der Waals surface area contributed by atoms with Gasteiger partial charge in [-0.25, -0.2) is 0 Å². The van der Waals surface area contributed by atoms with Crippen molar-refractivity contribution in [2.24, 2.45) is 5.41 Å². The van der Waals surface area contributed by atoms with E-state index in [1.807, 2.05) is 47.4 Å². The largest absolute Gasteiger partial charge is 0.358 e. The van der Waals surface area contributed by atoms with E-state index in [-0.39, 0.29) is 17.4 Å². The van der Waals surface area contributed by atoms with Crippen LogP contribution in [0.5, 0.6) is 0 Å². The van der Waals surface area contributed by atoms with Crippen LogP contribution in [0.15, 0.2) is 91.0 Å². The van der Waals surface area contributed by atoms with Crippen LogP contribution in [-0.2, 0) is 24.4 Å². The second-order valence-corrected chi connectivity index (χ2v) is 12.4. The van der Waals surface area contributed by atoms with E-state index in [4.69, 9.17) is 12.2 Å². The molecule has 0 heterocycles. The van der Waals surface area contributed by atoms with Gasteiger partial charge >= 0.3 is 0 Å². The fourth-order valence-electron chi connectivity index (χ4n) is 5.38. The fourth-order valence-corrected chi connectivity index (χ4v) is 5.65. The normalized spacial score (nSPS) is 18.0. The zero-order chi connectivity index (χ0) is 28.4. The molecule has 4 rings (SSSR count). The van der Waals surface area contributed by atoms with E-state index in [2.05, 4.69) is 85.3 Å². The molecule has 1 saturated carbocycles. The van der Waals surface area contributed by atoms with Gasteiger partial charge < -0.3 is 20.9 Å². The minimum absolute atomic E-state index is 0.0479. The van der Waals surface area contributed by atoms with Crippen molar-refractivity contribution in [3.8, 4) is 0 Å². The molecule has 1 aliphatic carbocycles. The molecule has 1 aliphatic rings. The summed E-state index contributed by atoms with van der Waals surface area (Å²) in [6.45, 7) is 8.20. The van der Waals surface area contributed by atoms with Gasteiger partial charge in [-0.3, -0.25) is 4.79 Å². The van der Waals surface area contributed by atoms with Crippen molar-refractivity contribution in [3.05, 3.63) is 108 Å². The number of rotatable bonds is 10. The average molecular weight is 557 g/mol. The summed E-state index contributed by atoms with van der Waals surface area (Å²) < 4.78 is 0. The number of carbonyl (C=O) groups excluding carboxylic acids is 1. The van der Waals surface area contributed by atoms with Crippen LogP contribution in [-0.4, -0.2) is 34.0 Å². The Balaban J connectivity index is 1.45. The zero-order valence-corrected chi connectivity index (χ0v) is 24.9. The molecule has 0 bridgehead atoms. The van der Waals surface area contributed by atoms with E-state index in [9.17, 15) is 4.79 Å². The first kappa shape index (κ1) is 29.8. The predicted molar refractivity (Wildman–Crippen MR) is 169 cm³/mol. The smallest absolute Gasteiger partial charge is 0.246 e.